The molecular formula is C12H19N3. The van der Waals surface area contributed by atoms with E-state index in [0.29, 0.717) is 6.04 Å². The summed E-state index contributed by atoms with van der Waals surface area (Å²) in [7, 11) is 0. The van der Waals surface area contributed by atoms with E-state index in [4.69, 9.17) is 0 Å². The summed E-state index contributed by atoms with van der Waals surface area (Å²) in [5.41, 5.74) is 1.27. The maximum Gasteiger partial charge on any atom is 0.131 e. The zero-order chi connectivity index (χ0) is 10.7. The van der Waals surface area contributed by atoms with Crippen molar-refractivity contribution in [1.29, 1.82) is 0 Å². The highest BCUT2D eigenvalue weighted by Crippen LogP contribution is 2.20. The number of aromatic nitrogens is 1. The third-order valence-electron chi connectivity index (χ3n) is 3.07. The van der Waals surface area contributed by atoms with Gasteiger partial charge in [-0.2, -0.15) is 0 Å². The molecule has 3 heteroatoms. The van der Waals surface area contributed by atoms with Crippen molar-refractivity contribution in [3.8, 4) is 0 Å². The Hall–Kier alpha value is -1.09. The van der Waals surface area contributed by atoms with Gasteiger partial charge in [0.25, 0.3) is 0 Å². The van der Waals surface area contributed by atoms with Gasteiger partial charge in [0.2, 0.25) is 0 Å². The molecule has 82 valence electrons. The molecule has 1 aliphatic heterocycles. The molecule has 1 unspecified atom stereocenters. The Labute approximate surface area is 91.5 Å². The van der Waals surface area contributed by atoms with Gasteiger partial charge < -0.3 is 10.2 Å². The van der Waals surface area contributed by atoms with Crippen LogP contribution in [0.15, 0.2) is 18.3 Å². The van der Waals surface area contributed by atoms with Crippen LogP contribution in [0.25, 0.3) is 0 Å². The van der Waals surface area contributed by atoms with Gasteiger partial charge in [-0.3, -0.25) is 0 Å². The summed E-state index contributed by atoms with van der Waals surface area (Å²) in [6.07, 6.45) is 3.11. The Morgan fingerprint density at radius 1 is 1.60 bits per heavy atom. The molecule has 1 aromatic rings. The van der Waals surface area contributed by atoms with E-state index in [-0.39, 0.29) is 0 Å². The van der Waals surface area contributed by atoms with Crippen LogP contribution < -0.4 is 10.2 Å². The number of nitrogens with one attached hydrogen (secondary N) is 1. The lowest BCUT2D eigenvalue weighted by molar-refractivity contribution is 0.638. The zero-order valence-electron chi connectivity index (χ0n) is 9.53. The SMILES string of the molecule is CCN(c1ncccc1C)C1CCNC1. The van der Waals surface area contributed by atoms with E-state index < -0.39 is 0 Å². The number of nitrogens with zero attached hydrogens (tertiary/aromatic N) is 2. The molecule has 1 aliphatic rings. The Kier molecular flexibility index (Phi) is 3.21. The summed E-state index contributed by atoms with van der Waals surface area (Å²) in [6.45, 7) is 7.58. The molecule has 1 aromatic heterocycles. The first-order valence-electron chi connectivity index (χ1n) is 5.72. The number of aryl methyl sites for hydroxylation is 1. The fourth-order valence-electron chi connectivity index (χ4n) is 2.26. The normalized spacial score (nSPS) is 20.5. The predicted molar refractivity (Wildman–Crippen MR) is 63.3 cm³/mol. The fourth-order valence-corrected chi connectivity index (χ4v) is 2.26. The van der Waals surface area contributed by atoms with E-state index in [1.54, 1.807) is 0 Å². The zero-order valence-corrected chi connectivity index (χ0v) is 9.53. The van der Waals surface area contributed by atoms with Gasteiger partial charge in [0, 0.05) is 25.3 Å². The Bertz CT molecular complexity index is 318. The molecule has 2 rings (SSSR count). The van der Waals surface area contributed by atoms with Crippen molar-refractivity contribution in [3.05, 3.63) is 23.9 Å². The minimum atomic E-state index is 0.614. The van der Waals surface area contributed by atoms with Crippen molar-refractivity contribution >= 4 is 5.82 Å². The molecule has 0 saturated carbocycles. The van der Waals surface area contributed by atoms with Crippen LogP contribution in [0.4, 0.5) is 5.82 Å². The van der Waals surface area contributed by atoms with Crippen molar-refractivity contribution in [1.82, 2.24) is 10.3 Å². The fraction of sp³-hybridized carbons (Fsp3) is 0.583. The maximum absolute atomic E-state index is 4.49. The largest absolute Gasteiger partial charge is 0.352 e. The van der Waals surface area contributed by atoms with Crippen LogP contribution in [-0.4, -0.2) is 30.7 Å². The van der Waals surface area contributed by atoms with Gasteiger partial charge in [-0.05, 0) is 38.4 Å². The summed E-state index contributed by atoms with van der Waals surface area (Å²) < 4.78 is 0. The van der Waals surface area contributed by atoms with Gasteiger partial charge in [-0.25, -0.2) is 4.98 Å². The minimum Gasteiger partial charge on any atom is -0.352 e. The number of likely N-dealkylation sites (N-methyl/N-ethyl adjacent to an activating group) is 1. The Balaban J connectivity index is 2.22. The lowest BCUT2D eigenvalue weighted by Gasteiger charge is -2.29. The second kappa shape index (κ2) is 4.62. The molecule has 0 bridgehead atoms. The first-order chi connectivity index (χ1) is 7.33. The van der Waals surface area contributed by atoms with Crippen molar-refractivity contribution < 1.29 is 0 Å². The molecule has 2 heterocycles. The molecule has 0 aromatic carbocycles. The van der Waals surface area contributed by atoms with E-state index in [9.17, 15) is 0 Å². The van der Waals surface area contributed by atoms with Crippen LogP contribution >= 0.6 is 0 Å². The first kappa shape index (κ1) is 10.4. The van der Waals surface area contributed by atoms with E-state index in [1.807, 2.05) is 12.3 Å². The Morgan fingerprint density at radius 3 is 3.07 bits per heavy atom. The van der Waals surface area contributed by atoms with E-state index in [2.05, 4.69) is 35.1 Å². The van der Waals surface area contributed by atoms with Gasteiger partial charge in [0.1, 0.15) is 5.82 Å². The third kappa shape index (κ3) is 2.12. The molecule has 0 radical (unpaired) electrons. The number of pyridine rings is 1. The molecule has 15 heavy (non-hydrogen) atoms. The van der Waals surface area contributed by atoms with Crippen molar-refractivity contribution in [2.45, 2.75) is 26.3 Å². The third-order valence-corrected chi connectivity index (χ3v) is 3.07. The van der Waals surface area contributed by atoms with Crippen molar-refractivity contribution in [2.24, 2.45) is 0 Å². The Morgan fingerprint density at radius 2 is 2.47 bits per heavy atom. The van der Waals surface area contributed by atoms with Crippen LogP contribution in [0.2, 0.25) is 0 Å². The number of hydrogen-bond acceptors (Lipinski definition) is 3. The second-order valence-electron chi connectivity index (χ2n) is 4.08. The predicted octanol–water partition coefficient (Wildman–Crippen LogP) is 1.58. The molecule has 1 N–H and O–H groups in total. The van der Waals surface area contributed by atoms with Crippen molar-refractivity contribution in [2.75, 3.05) is 24.5 Å². The standard InChI is InChI=1S/C12H19N3/c1-3-15(11-6-8-13-9-11)12-10(2)5-4-7-14-12/h4-5,7,11,13H,3,6,8-9H2,1-2H3. The summed E-state index contributed by atoms with van der Waals surface area (Å²) >= 11 is 0. The van der Waals surface area contributed by atoms with E-state index in [0.717, 1.165) is 25.5 Å². The lowest BCUT2D eigenvalue weighted by Crippen LogP contribution is -2.37. The topological polar surface area (TPSA) is 28.2 Å². The molecule has 1 fully saturated rings. The molecule has 1 saturated heterocycles. The number of hydrogen-bond donors (Lipinski definition) is 1. The molecule has 0 aliphatic carbocycles. The molecule has 1 atom stereocenters. The van der Waals surface area contributed by atoms with Crippen LogP contribution in [-0.2, 0) is 0 Å². The van der Waals surface area contributed by atoms with Gasteiger partial charge >= 0.3 is 0 Å². The summed E-state index contributed by atoms with van der Waals surface area (Å²) in [4.78, 5) is 6.90. The lowest BCUT2D eigenvalue weighted by atomic mass is 10.2. The van der Waals surface area contributed by atoms with Gasteiger partial charge in [0.05, 0.1) is 0 Å². The summed E-state index contributed by atoms with van der Waals surface area (Å²) in [6, 6.07) is 4.75. The smallest absolute Gasteiger partial charge is 0.131 e. The highest BCUT2D eigenvalue weighted by molar-refractivity contribution is 5.47. The van der Waals surface area contributed by atoms with Gasteiger partial charge in [-0.15, -0.1) is 0 Å². The molecule has 0 amide bonds. The number of anilines is 1. The molecule has 0 spiro atoms. The van der Waals surface area contributed by atoms with Crippen LogP contribution in [0.5, 0.6) is 0 Å². The van der Waals surface area contributed by atoms with Crippen LogP contribution in [0.1, 0.15) is 18.9 Å². The van der Waals surface area contributed by atoms with Crippen LogP contribution in [0, 0.1) is 6.92 Å². The highest BCUT2D eigenvalue weighted by atomic mass is 15.2. The first-order valence-corrected chi connectivity index (χ1v) is 5.72. The minimum absolute atomic E-state index is 0.614. The molecule has 3 nitrogen and oxygen atoms in total. The summed E-state index contributed by atoms with van der Waals surface area (Å²) in [5.74, 6) is 1.15. The average molecular weight is 205 g/mol. The maximum atomic E-state index is 4.49. The van der Waals surface area contributed by atoms with E-state index >= 15 is 0 Å². The van der Waals surface area contributed by atoms with Gasteiger partial charge in [-0.1, -0.05) is 6.07 Å². The van der Waals surface area contributed by atoms with Crippen molar-refractivity contribution in [3.63, 3.8) is 0 Å². The van der Waals surface area contributed by atoms with Crippen LogP contribution in [0.3, 0.4) is 0 Å². The highest BCUT2D eigenvalue weighted by Gasteiger charge is 2.22. The molecular weight excluding hydrogens is 186 g/mol. The average Bonchev–Trinajstić information content (AvgIpc) is 2.75. The van der Waals surface area contributed by atoms with Gasteiger partial charge in [0.15, 0.2) is 0 Å². The number of rotatable bonds is 3. The quantitative estimate of drug-likeness (QED) is 0.812. The summed E-state index contributed by atoms with van der Waals surface area (Å²) in [5, 5.41) is 3.41. The van der Waals surface area contributed by atoms with E-state index in [1.165, 1.54) is 12.0 Å². The monoisotopic (exact) mass is 205 g/mol. The second-order valence-corrected chi connectivity index (χ2v) is 4.08.